The van der Waals surface area contributed by atoms with E-state index in [9.17, 15) is 4.79 Å². The van der Waals surface area contributed by atoms with Crippen LogP contribution in [0.4, 0.5) is 5.69 Å². The molecule has 0 bridgehead atoms. The van der Waals surface area contributed by atoms with E-state index < -0.39 is 0 Å². The molecule has 3 heteroatoms. The van der Waals surface area contributed by atoms with Crippen LogP contribution in [0.1, 0.15) is 12.0 Å². The lowest BCUT2D eigenvalue weighted by molar-refractivity contribution is -0.115. The molecule has 72 valence electrons. The molecule has 1 N–H and O–H groups in total. The fourth-order valence-corrected chi connectivity index (χ4v) is 1.38. The summed E-state index contributed by atoms with van der Waals surface area (Å²) >= 11 is 3.33. The highest BCUT2D eigenvalue weighted by Crippen LogP contribution is 2.20. The second-order valence-electron chi connectivity index (χ2n) is 2.89. The van der Waals surface area contributed by atoms with Gasteiger partial charge in [0.2, 0.25) is 5.91 Å². The van der Waals surface area contributed by atoms with E-state index in [4.69, 9.17) is 6.42 Å². The fraction of sp³-hybridized carbons (Fsp3) is 0.182. The Labute approximate surface area is 91.8 Å². The Morgan fingerprint density at radius 1 is 1.64 bits per heavy atom. The molecule has 1 aromatic rings. The molecule has 0 aliphatic rings. The van der Waals surface area contributed by atoms with Crippen LogP contribution in [0.15, 0.2) is 22.7 Å². The summed E-state index contributed by atoms with van der Waals surface area (Å²) in [6.45, 7) is 1.93. The maximum atomic E-state index is 11.2. The number of carbonyl (C=O) groups is 1. The molecular formula is C11H10BrNO. The summed E-state index contributed by atoms with van der Waals surface area (Å²) in [4.78, 5) is 11.2. The summed E-state index contributed by atoms with van der Waals surface area (Å²) in [5.74, 6) is 2.14. The van der Waals surface area contributed by atoms with Gasteiger partial charge in [0, 0.05) is 10.2 Å². The summed E-state index contributed by atoms with van der Waals surface area (Å²) in [5.41, 5.74) is 1.80. The molecule has 0 aliphatic carbocycles. The van der Waals surface area contributed by atoms with Crippen LogP contribution in [0.2, 0.25) is 0 Å². The lowest BCUT2D eigenvalue weighted by atomic mass is 10.2. The van der Waals surface area contributed by atoms with E-state index in [1.807, 2.05) is 25.1 Å². The molecule has 0 aliphatic heterocycles. The van der Waals surface area contributed by atoms with Crippen molar-refractivity contribution in [2.75, 3.05) is 5.32 Å². The first-order valence-corrected chi connectivity index (χ1v) is 4.92. The molecule has 0 heterocycles. The zero-order chi connectivity index (χ0) is 10.6. The Morgan fingerprint density at radius 2 is 2.36 bits per heavy atom. The number of hydrogen-bond acceptors (Lipinski definition) is 1. The minimum Gasteiger partial charge on any atom is -0.325 e. The van der Waals surface area contributed by atoms with Crippen LogP contribution in [-0.2, 0) is 4.79 Å². The first-order chi connectivity index (χ1) is 6.63. The number of halogens is 1. The first kappa shape index (κ1) is 10.8. The van der Waals surface area contributed by atoms with Gasteiger partial charge >= 0.3 is 0 Å². The lowest BCUT2D eigenvalue weighted by Gasteiger charge is -2.06. The van der Waals surface area contributed by atoms with Crippen molar-refractivity contribution in [3.05, 3.63) is 28.2 Å². The monoisotopic (exact) mass is 251 g/mol. The van der Waals surface area contributed by atoms with Crippen molar-refractivity contribution in [1.29, 1.82) is 0 Å². The zero-order valence-electron chi connectivity index (χ0n) is 7.80. The molecule has 0 aromatic heterocycles. The van der Waals surface area contributed by atoms with Gasteiger partial charge in [0.25, 0.3) is 0 Å². The lowest BCUT2D eigenvalue weighted by Crippen LogP contribution is -2.11. The molecule has 0 unspecified atom stereocenters. The Balaban J connectivity index is 2.81. The quantitative estimate of drug-likeness (QED) is 0.805. The number of nitrogens with one attached hydrogen (secondary N) is 1. The predicted octanol–water partition coefficient (Wildman–Crippen LogP) is 2.72. The second-order valence-corrected chi connectivity index (χ2v) is 3.80. The van der Waals surface area contributed by atoms with Gasteiger partial charge in [-0.25, -0.2) is 0 Å². The highest BCUT2D eigenvalue weighted by Gasteiger charge is 2.03. The third kappa shape index (κ3) is 2.90. The van der Waals surface area contributed by atoms with E-state index in [0.717, 1.165) is 15.7 Å². The van der Waals surface area contributed by atoms with Gasteiger partial charge in [0.1, 0.15) is 0 Å². The SMILES string of the molecule is C#CCC(=O)Nc1cc(Br)ccc1C. The molecule has 0 radical (unpaired) electrons. The number of anilines is 1. The summed E-state index contributed by atoms with van der Waals surface area (Å²) < 4.78 is 0.930. The number of benzene rings is 1. The van der Waals surface area contributed by atoms with Crippen molar-refractivity contribution in [2.45, 2.75) is 13.3 Å². The number of carbonyl (C=O) groups excluding carboxylic acids is 1. The highest BCUT2D eigenvalue weighted by atomic mass is 79.9. The molecule has 0 saturated heterocycles. The average Bonchev–Trinajstić information content (AvgIpc) is 2.12. The minimum atomic E-state index is -0.159. The summed E-state index contributed by atoms with van der Waals surface area (Å²) in [5, 5.41) is 2.74. The summed E-state index contributed by atoms with van der Waals surface area (Å²) in [6.07, 6.45) is 5.13. The van der Waals surface area contributed by atoms with Crippen molar-refractivity contribution >= 4 is 27.5 Å². The van der Waals surface area contributed by atoms with Gasteiger partial charge in [-0.05, 0) is 24.6 Å². The molecule has 2 nitrogen and oxygen atoms in total. The van der Waals surface area contributed by atoms with Crippen LogP contribution >= 0.6 is 15.9 Å². The van der Waals surface area contributed by atoms with Gasteiger partial charge in [-0.2, -0.15) is 0 Å². The van der Waals surface area contributed by atoms with Crippen molar-refractivity contribution in [1.82, 2.24) is 0 Å². The first-order valence-electron chi connectivity index (χ1n) is 4.13. The van der Waals surface area contributed by atoms with Crippen LogP contribution in [0.5, 0.6) is 0 Å². The van der Waals surface area contributed by atoms with Crippen LogP contribution in [0.25, 0.3) is 0 Å². The van der Waals surface area contributed by atoms with E-state index in [2.05, 4.69) is 27.2 Å². The van der Waals surface area contributed by atoms with E-state index in [0.29, 0.717) is 0 Å². The van der Waals surface area contributed by atoms with Crippen LogP contribution in [-0.4, -0.2) is 5.91 Å². The van der Waals surface area contributed by atoms with E-state index >= 15 is 0 Å². The molecule has 0 atom stereocenters. The minimum absolute atomic E-state index is 0.103. The maximum absolute atomic E-state index is 11.2. The molecule has 0 saturated carbocycles. The van der Waals surface area contributed by atoms with E-state index in [-0.39, 0.29) is 12.3 Å². The number of amides is 1. The Hall–Kier alpha value is -1.27. The van der Waals surface area contributed by atoms with Gasteiger partial charge in [0.05, 0.1) is 6.42 Å². The molecule has 1 aromatic carbocycles. The molecule has 14 heavy (non-hydrogen) atoms. The maximum Gasteiger partial charge on any atom is 0.236 e. The highest BCUT2D eigenvalue weighted by molar-refractivity contribution is 9.10. The predicted molar refractivity (Wildman–Crippen MR) is 61.0 cm³/mol. The Morgan fingerprint density at radius 3 is 3.00 bits per heavy atom. The van der Waals surface area contributed by atoms with Gasteiger partial charge in [-0.15, -0.1) is 6.42 Å². The number of aryl methyl sites for hydroxylation is 1. The van der Waals surface area contributed by atoms with Gasteiger partial charge in [-0.1, -0.05) is 27.9 Å². The standard InChI is InChI=1S/C11H10BrNO/c1-3-4-11(14)13-10-7-9(12)6-5-8(10)2/h1,5-7H,4H2,2H3,(H,13,14). The zero-order valence-corrected chi connectivity index (χ0v) is 9.39. The fourth-order valence-electron chi connectivity index (χ4n) is 1.02. The number of hydrogen-bond donors (Lipinski definition) is 1. The van der Waals surface area contributed by atoms with Crippen LogP contribution in [0.3, 0.4) is 0 Å². The van der Waals surface area contributed by atoms with Crippen LogP contribution in [0, 0.1) is 19.3 Å². The van der Waals surface area contributed by atoms with Crippen molar-refractivity contribution in [2.24, 2.45) is 0 Å². The largest absolute Gasteiger partial charge is 0.325 e. The Bertz CT molecular complexity index is 393. The average molecular weight is 252 g/mol. The molecule has 0 spiro atoms. The van der Waals surface area contributed by atoms with E-state index in [1.54, 1.807) is 0 Å². The summed E-state index contributed by atoms with van der Waals surface area (Å²) in [6, 6.07) is 5.70. The second kappa shape index (κ2) is 4.83. The van der Waals surface area contributed by atoms with Crippen molar-refractivity contribution in [3.63, 3.8) is 0 Å². The summed E-state index contributed by atoms with van der Waals surface area (Å²) in [7, 11) is 0. The van der Waals surface area contributed by atoms with Crippen molar-refractivity contribution in [3.8, 4) is 12.3 Å². The molecule has 1 amide bonds. The van der Waals surface area contributed by atoms with Gasteiger partial charge in [-0.3, -0.25) is 4.79 Å². The van der Waals surface area contributed by atoms with Crippen LogP contribution < -0.4 is 5.32 Å². The number of rotatable bonds is 2. The molecular weight excluding hydrogens is 242 g/mol. The van der Waals surface area contributed by atoms with E-state index in [1.165, 1.54) is 0 Å². The normalized spacial score (nSPS) is 9.21. The van der Waals surface area contributed by atoms with Gasteiger partial charge < -0.3 is 5.32 Å². The Kier molecular flexibility index (Phi) is 3.73. The topological polar surface area (TPSA) is 29.1 Å². The third-order valence-corrected chi connectivity index (χ3v) is 2.23. The van der Waals surface area contributed by atoms with Crippen molar-refractivity contribution < 1.29 is 4.79 Å². The smallest absolute Gasteiger partial charge is 0.236 e. The molecule has 1 rings (SSSR count). The third-order valence-electron chi connectivity index (χ3n) is 1.74. The molecule has 0 fully saturated rings. The number of terminal acetylenes is 1. The van der Waals surface area contributed by atoms with Gasteiger partial charge in [0.15, 0.2) is 0 Å².